The van der Waals surface area contributed by atoms with Crippen LogP contribution < -0.4 is 5.32 Å². The van der Waals surface area contributed by atoms with E-state index in [0.29, 0.717) is 5.56 Å². The molecular weight excluding hydrogens is 334 g/mol. The summed E-state index contributed by atoms with van der Waals surface area (Å²) in [4.78, 5) is 23.0. The summed E-state index contributed by atoms with van der Waals surface area (Å²) in [6.45, 7) is 12.8. The third-order valence-electron chi connectivity index (χ3n) is 5.98. The van der Waals surface area contributed by atoms with Gasteiger partial charge in [-0.15, -0.1) is 0 Å². The summed E-state index contributed by atoms with van der Waals surface area (Å²) in [5.41, 5.74) is 7.51. The average molecular weight is 364 g/mol. The molecule has 3 rings (SSSR count). The molecule has 2 aromatic carbocycles. The maximum atomic E-state index is 11.7. The monoisotopic (exact) mass is 363 g/mol. The number of nitrogens with one attached hydrogen (secondary N) is 1. The first-order chi connectivity index (χ1) is 12.5. The molecule has 0 aliphatic heterocycles. The topological polar surface area (TPSA) is 46.2 Å². The Hall–Kier alpha value is -2.42. The fraction of sp³-hybridized carbons (Fsp3) is 0.417. The number of anilines is 1. The molecule has 27 heavy (non-hydrogen) atoms. The van der Waals surface area contributed by atoms with Gasteiger partial charge >= 0.3 is 0 Å². The third kappa shape index (κ3) is 3.55. The van der Waals surface area contributed by atoms with Gasteiger partial charge in [-0.25, -0.2) is 0 Å². The summed E-state index contributed by atoms with van der Waals surface area (Å²) in [6, 6.07) is 10.0. The molecule has 0 saturated heterocycles. The fourth-order valence-electron chi connectivity index (χ4n) is 4.17. The van der Waals surface area contributed by atoms with Crippen LogP contribution in [0.2, 0.25) is 0 Å². The number of carbonyl (C=O) groups excluding carboxylic acids is 2. The molecule has 0 saturated carbocycles. The zero-order chi connectivity index (χ0) is 20.0. The van der Waals surface area contributed by atoms with E-state index in [2.05, 4.69) is 52.1 Å². The van der Waals surface area contributed by atoms with E-state index in [1.807, 2.05) is 12.1 Å². The van der Waals surface area contributed by atoms with Gasteiger partial charge in [-0.3, -0.25) is 9.59 Å². The minimum absolute atomic E-state index is 0.101. The van der Waals surface area contributed by atoms with Gasteiger partial charge in [0.2, 0.25) is 5.91 Å². The molecule has 0 aromatic heterocycles. The lowest BCUT2D eigenvalue weighted by atomic mass is 9.62. The molecule has 1 aliphatic carbocycles. The van der Waals surface area contributed by atoms with Crippen LogP contribution in [0, 0.1) is 6.92 Å². The molecule has 0 spiro atoms. The van der Waals surface area contributed by atoms with Crippen LogP contribution in [0.4, 0.5) is 5.69 Å². The van der Waals surface area contributed by atoms with Crippen LogP contribution in [0.3, 0.4) is 0 Å². The van der Waals surface area contributed by atoms with Crippen LogP contribution in [0.15, 0.2) is 30.3 Å². The van der Waals surface area contributed by atoms with Gasteiger partial charge in [0.25, 0.3) is 0 Å². The van der Waals surface area contributed by atoms with E-state index >= 15 is 0 Å². The Labute approximate surface area is 162 Å². The number of rotatable bonds is 3. The molecule has 0 bridgehead atoms. The van der Waals surface area contributed by atoms with E-state index in [9.17, 15) is 9.59 Å². The molecule has 3 nitrogen and oxygen atoms in total. The number of hydrogen-bond acceptors (Lipinski definition) is 2. The van der Waals surface area contributed by atoms with Gasteiger partial charge in [-0.2, -0.15) is 0 Å². The zero-order valence-electron chi connectivity index (χ0n) is 17.2. The van der Waals surface area contributed by atoms with E-state index in [0.717, 1.165) is 35.1 Å². The molecule has 142 valence electrons. The van der Waals surface area contributed by atoms with Gasteiger partial charge in [-0.05, 0) is 77.1 Å². The molecule has 3 heteroatoms. The van der Waals surface area contributed by atoms with E-state index in [1.54, 1.807) is 6.07 Å². The second kappa shape index (κ2) is 6.63. The molecule has 0 unspecified atom stereocenters. The van der Waals surface area contributed by atoms with Crippen molar-refractivity contribution in [3.8, 4) is 11.1 Å². The van der Waals surface area contributed by atoms with Crippen molar-refractivity contribution < 1.29 is 9.59 Å². The number of fused-ring (bicyclic) bond motifs is 1. The van der Waals surface area contributed by atoms with Gasteiger partial charge in [0.05, 0.1) is 0 Å². The quantitative estimate of drug-likeness (QED) is 0.702. The zero-order valence-corrected chi connectivity index (χ0v) is 17.2. The van der Waals surface area contributed by atoms with Crippen LogP contribution in [0.5, 0.6) is 0 Å². The molecular formula is C24H29NO2. The molecule has 0 atom stereocenters. The Bertz CT molecular complexity index is 922. The average Bonchev–Trinajstić information content (AvgIpc) is 2.59. The Kier molecular flexibility index (Phi) is 4.75. The van der Waals surface area contributed by atoms with Crippen molar-refractivity contribution in [2.45, 2.75) is 65.2 Å². The molecule has 1 amide bonds. The fourth-order valence-corrected chi connectivity index (χ4v) is 4.17. The van der Waals surface area contributed by atoms with Crippen LogP contribution in [0.1, 0.15) is 74.5 Å². The largest absolute Gasteiger partial charge is 0.326 e. The molecule has 0 radical (unpaired) electrons. The lowest BCUT2D eigenvalue weighted by molar-refractivity contribution is -0.114. The summed E-state index contributed by atoms with van der Waals surface area (Å²) >= 11 is 0. The summed E-state index contributed by atoms with van der Waals surface area (Å²) < 4.78 is 0. The van der Waals surface area contributed by atoms with Crippen molar-refractivity contribution >= 4 is 17.9 Å². The Morgan fingerprint density at radius 1 is 0.963 bits per heavy atom. The molecule has 1 N–H and O–H groups in total. The van der Waals surface area contributed by atoms with Gasteiger partial charge < -0.3 is 5.32 Å². The van der Waals surface area contributed by atoms with Crippen molar-refractivity contribution in [3.63, 3.8) is 0 Å². The predicted molar refractivity (Wildman–Crippen MR) is 112 cm³/mol. The van der Waals surface area contributed by atoms with Crippen molar-refractivity contribution in [2.75, 3.05) is 5.32 Å². The molecule has 0 fully saturated rings. The van der Waals surface area contributed by atoms with Crippen molar-refractivity contribution in [1.82, 2.24) is 0 Å². The van der Waals surface area contributed by atoms with Gasteiger partial charge in [-0.1, -0.05) is 33.8 Å². The highest BCUT2D eigenvalue weighted by atomic mass is 16.1. The van der Waals surface area contributed by atoms with Gasteiger partial charge in [0, 0.05) is 23.7 Å². The van der Waals surface area contributed by atoms with E-state index in [1.165, 1.54) is 24.5 Å². The van der Waals surface area contributed by atoms with Crippen LogP contribution >= 0.6 is 0 Å². The third-order valence-corrected chi connectivity index (χ3v) is 5.98. The summed E-state index contributed by atoms with van der Waals surface area (Å²) in [7, 11) is 0. The first-order valence-corrected chi connectivity index (χ1v) is 9.58. The summed E-state index contributed by atoms with van der Waals surface area (Å²) in [6.07, 6.45) is 3.16. The number of benzene rings is 2. The first kappa shape index (κ1) is 19.3. The Balaban J connectivity index is 2.27. The number of aryl methyl sites for hydroxylation is 1. The van der Waals surface area contributed by atoms with Crippen LogP contribution in [-0.4, -0.2) is 12.2 Å². The maximum absolute atomic E-state index is 11.7. The van der Waals surface area contributed by atoms with Crippen molar-refractivity contribution in [3.05, 3.63) is 52.6 Å². The smallest absolute Gasteiger partial charge is 0.221 e. The molecule has 0 heterocycles. The standard InChI is InChI=1S/C24H29NO2/c1-15-11-20-21(24(5,6)10-9-23(20,3)4)13-18(15)19-12-17(14-26)7-8-22(19)25-16(2)27/h7-8,11-14H,9-10H2,1-6H3,(H,25,27). The summed E-state index contributed by atoms with van der Waals surface area (Å²) in [5, 5.41) is 2.91. The van der Waals surface area contributed by atoms with Crippen molar-refractivity contribution in [2.24, 2.45) is 0 Å². The first-order valence-electron chi connectivity index (χ1n) is 9.58. The molecule has 2 aromatic rings. The second-order valence-corrected chi connectivity index (χ2v) is 9.08. The van der Waals surface area contributed by atoms with Crippen molar-refractivity contribution in [1.29, 1.82) is 0 Å². The Morgan fingerprint density at radius 3 is 2.11 bits per heavy atom. The van der Waals surface area contributed by atoms with Gasteiger partial charge in [0.15, 0.2) is 0 Å². The van der Waals surface area contributed by atoms with E-state index in [4.69, 9.17) is 0 Å². The van der Waals surface area contributed by atoms with Crippen LogP contribution in [0.25, 0.3) is 11.1 Å². The minimum atomic E-state index is -0.118. The van der Waals surface area contributed by atoms with E-state index < -0.39 is 0 Å². The highest BCUT2D eigenvalue weighted by molar-refractivity contribution is 5.96. The predicted octanol–water partition coefficient (Wildman–Crippen LogP) is 5.78. The lowest BCUT2D eigenvalue weighted by Crippen LogP contribution is -2.34. The van der Waals surface area contributed by atoms with E-state index in [-0.39, 0.29) is 16.7 Å². The highest BCUT2D eigenvalue weighted by Crippen LogP contribution is 2.48. The lowest BCUT2D eigenvalue weighted by Gasteiger charge is -2.42. The minimum Gasteiger partial charge on any atom is -0.326 e. The number of hydrogen-bond donors (Lipinski definition) is 1. The molecule has 1 aliphatic rings. The summed E-state index contributed by atoms with van der Waals surface area (Å²) in [5.74, 6) is -0.118. The maximum Gasteiger partial charge on any atom is 0.221 e. The number of aldehydes is 1. The number of amides is 1. The highest BCUT2D eigenvalue weighted by Gasteiger charge is 2.37. The van der Waals surface area contributed by atoms with Gasteiger partial charge in [0.1, 0.15) is 6.29 Å². The number of carbonyl (C=O) groups is 2. The second-order valence-electron chi connectivity index (χ2n) is 9.08. The SMILES string of the molecule is CC(=O)Nc1ccc(C=O)cc1-c1cc2c(cc1C)C(C)(C)CCC2(C)C. The Morgan fingerprint density at radius 2 is 1.56 bits per heavy atom. The van der Waals surface area contributed by atoms with Crippen LogP contribution in [-0.2, 0) is 15.6 Å². The normalized spacial score (nSPS) is 17.1.